The molecule has 1 N–H and O–H groups in total. The molecule has 1 heterocycles. The van der Waals surface area contributed by atoms with Gasteiger partial charge in [0.25, 0.3) is 0 Å². The minimum Gasteiger partial charge on any atom is -0.388 e. The van der Waals surface area contributed by atoms with E-state index in [0.29, 0.717) is 6.42 Å². The van der Waals surface area contributed by atoms with E-state index in [0.717, 1.165) is 9.35 Å². The van der Waals surface area contributed by atoms with Crippen molar-refractivity contribution in [3.8, 4) is 0 Å². The second-order valence-electron chi connectivity index (χ2n) is 3.59. The molecule has 0 aliphatic rings. The third kappa shape index (κ3) is 3.07. The molecule has 1 aromatic carbocycles. The van der Waals surface area contributed by atoms with Gasteiger partial charge >= 0.3 is 0 Å². The molecular weight excluding hydrogens is 327 g/mol. The molecule has 1 nitrogen and oxygen atoms in total. The van der Waals surface area contributed by atoms with Crippen LogP contribution in [0, 0.1) is 5.82 Å². The number of thiophene rings is 1. The second-order valence-corrected chi connectivity index (χ2v) is 5.91. The molecule has 2 rings (SSSR count). The van der Waals surface area contributed by atoms with E-state index >= 15 is 0 Å². The van der Waals surface area contributed by atoms with Crippen LogP contribution in [0.25, 0.3) is 0 Å². The molecule has 0 radical (unpaired) electrons. The Morgan fingerprint density at radius 1 is 1.47 bits per heavy atom. The summed E-state index contributed by atoms with van der Waals surface area (Å²) >= 11 is 10.7. The molecule has 0 fully saturated rings. The van der Waals surface area contributed by atoms with Crippen molar-refractivity contribution in [1.29, 1.82) is 0 Å². The molecule has 1 atom stereocenters. The van der Waals surface area contributed by atoms with Crippen molar-refractivity contribution >= 4 is 38.9 Å². The van der Waals surface area contributed by atoms with Gasteiger partial charge in [-0.05, 0) is 34.1 Å². The summed E-state index contributed by atoms with van der Waals surface area (Å²) in [5.74, 6) is -0.472. The molecule has 0 aliphatic carbocycles. The van der Waals surface area contributed by atoms with Crippen molar-refractivity contribution in [2.45, 2.75) is 12.5 Å². The summed E-state index contributed by atoms with van der Waals surface area (Å²) in [6.07, 6.45) is -0.564. The number of rotatable bonds is 3. The maximum Gasteiger partial charge on any atom is 0.130 e. The van der Waals surface area contributed by atoms with E-state index in [1.165, 1.54) is 23.5 Å². The first-order valence-electron chi connectivity index (χ1n) is 4.93. The molecular formula is C12H9BrClFOS. The van der Waals surface area contributed by atoms with Crippen molar-refractivity contribution in [2.75, 3.05) is 0 Å². The summed E-state index contributed by atoms with van der Waals surface area (Å²) in [7, 11) is 0. The third-order valence-corrected chi connectivity index (χ3v) is 4.40. The largest absolute Gasteiger partial charge is 0.388 e. The maximum absolute atomic E-state index is 13.6. The molecule has 0 aliphatic heterocycles. The average Bonchev–Trinajstić information content (AvgIpc) is 2.63. The van der Waals surface area contributed by atoms with Gasteiger partial charge in [-0.3, -0.25) is 0 Å². The van der Waals surface area contributed by atoms with Crippen LogP contribution in [0.3, 0.4) is 0 Å². The molecule has 1 aromatic heterocycles. The van der Waals surface area contributed by atoms with Gasteiger partial charge in [0.05, 0.1) is 6.10 Å². The minimum atomic E-state index is -0.922. The van der Waals surface area contributed by atoms with Gasteiger partial charge in [-0.15, -0.1) is 11.3 Å². The number of aliphatic hydroxyl groups is 1. The van der Waals surface area contributed by atoms with Gasteiger partial charge in [-0.25, -0.2) is 4.39 Å². The van der Waals surface area contributed by atoms with Gasteiger partial charge in [-0.2, -0.15) is 0 Å². The SMILES string of the molecule is OC(Cc1cc(Br)cs1)c1c(F)cccc1Cl. The Morgan fingerprint density at radius 2 is 2.24 bits per heavy atom. The van der Waals surface area contributed by atoms with E-state index in [9.17, 15) is 9.50 Å². The predicted molar refractivity (Wildman–Crippen MR) is 72.1 cm³/mol. The Kier molecular flexibility index (Phi) is 4.20. The van der Waals surface area contributed by atoms with E-state index in [1.807, 2.05) is 11.4 Å². The normalized spacial score (nSPS) is 12.7. The number of aliphatic hydroxyl groups excluding tert-OH is 1. The van der Waals surface area contributed by atoms with Crippen molar-refractivity contribution in [3.63, 3.8) is 0 Å². The van der Waals surface area contributed by atoms with Gasteiger partial charge in [0, 0.05) is 31.7 Å². The van der Waals surface area contributed by atoms with E-state index < -0.39 is 11.9 Å². The molecule has 2 aromatic rings. The summed E-state index contributed by atoms with van der Waals surface area (Å²) in [4.78, 5) is 0.976. The van der Waals surface area contributed by atoms with E-state index in [1.54, 1.807) is 6.07 Å². The Morgan fingerprint density at radius 3 is 2.82 bits per heavy atom. The molecule has 0 bridgehead atoms. The highest BCUT2D eigenvalue weighted by molar-refractivity contribution is 9.10. The zero-order valence-corrected chi connectivity index (χ0v) is 11.8. The summed E-state index contributed by atoms with van der Waals surface area (Å²) in [6.45, 7) is 0. The highest BCUT2D eigenvalue weighted by atomic mass is 79.9. The quantitative estimate of drug-likeness (QED) is 0.870. The first kappa shape index (κ1) is 13.0. The molecule has 17 heavy (non-hydrogen) atoms. The number of hydrogen-bond donors (Lipinski definition) is 1. The fourth-order valence-electron chi connectivity index (χ4n) is 1.58. The topological polar surface area (TPSA) is 20.2 Å². The fraction of sp³-hybridized carbons (Fsp3) is 0.167. The van der Waals surface area contributed by atoms with Crippen LogP contribution in [-0.2, 0) is 6.42 Å². The van der Waals surface area contributed by atoms with Gasteiger partial charge in [0.2, 0.25) is 0 Å². The molecule has 1 unspecified atom stereocenters. The average molecular weight is 336 g/mol. The maximum atomic E-state index is 13.6. The zero-order valence-electron chi connectivity index (χ0n) is 8.66. The van der Waals surface area contributed by atoms with Crippen molar-refractivity contribution < 1.29 is 9.50 Å². The molecule has 0 spiro atoms. The van der Waals surface area contributed by atoms with Crippen molar-refractivity contribution in [1.82, 2.24) is 0 Å². The molecule has 90 valence electrons. The van der Waals surface area contributed by atoms with Crippen LogP contribution in [0.4, 0.5) is 4.39 Å². The van der Waals surface area contributed by atoms with Crippen molar-refractivity contribution in [3.05, 3.63) is 55.4 Å². The number of benzene rings is 1. The Bertz CT molecular complexity index is 509. The lowest BCUT2D eigenvalue weighted by molar-refractivity contribution is 0.174. The van der Waals surface area contributed by atoms with Crippen LogP contribution in [0.5, 0.6) is 0 Å². The molecule has 0 saturated heterocycles. The first-order chi connectivity index (χ1) is 8.08. The van der Waals surface area contributed by atoms with E-state index in [2.05, 4.69) is 15.9 Å². The molecule has 5 heteroatoms. The second kappa shape index (κ2) is 5.48. The van der Waals surface area contributed by atoms with Crippen molar-refractivity contribution in [2.24, 2.45) is 0 Å². The van der Waals surface area contributed by atoms with Gasteiger partial charge in [-0.1, -0.05) is 17.7 Å². The monoisotopic (exact) mass is 334 g/mol. The predicted octanol–water partition coefficient (Wildman–Crippen LogP) is 4.58. The fourth-order valence-corrected chi connectivity index (χ4v) is 3.36. The summed E-state index contributed by atoms with van der Waals surface area (Å²) in [5, 5.41) is 12.2. The van der Waals surface area contributed by atoms with Crippen LogP contribution < -0.4 is 0 Å². The van der Waals surface area contributed by atoms with Crippen LogP contribution in [-0.4, -0.2) is 5.11 Å². The Balaban J connectivity index is 2.22. The lowest BCUT2D eigenvalue weighted by atomic mass is 10.1. The summed E-state index contributed by atoms with van der Waals surface area (Å²) < 4.78 is 14.5. The van der Waals surface area contributed by atoms with Crippen LogP contribution >= 0.6 is 38.9 Å². The number of halogens is 3. The summed E-state index contributed by atoms with van der Waals surface area (Å²) in [6, 6.07) is 6.31. The van der Waals surface area contributed by atoms with Crippen LogP contribution in [0.1, 0.15) is 16.5 Å². The van der Waals surface area contributed by atoms with Crippen LogP contribution in [0.2, 0.25) is 5.02 Å². The first-order valence-corrected chi connectivity index (χ1v) is 6.98. The summed E-state index contributed by atoms with van der Waals surface area (Å²) in [5.41, 5.74) is 0.165. The third-order valence-electron chi connectivity index (χ3n) is 2.35. The van der Waals surface area contributed by atoms with Gasteiger partial charge < -0.3 is 5.11 Å². The van der Waals surface area contributed by atoms with E-state index in [-0.39, 0.29) is 10.6 Å². The van der Waals surface area contributed by atoms with Gasteiger partial charge in [0.1, 0.15) is 5.82 Å². The highest BCUT2D eigenvalue weighted by Crippen LogP contribution is 2.30. The lowest BCUT2D eigenvalue weighted by Gasteiger charge is -2.12. The Hall–Kier alpha value is -0.420. The minimum absolute atomic E-state index is 0.165. The zero-order chi connectivity index (χ0) is 12.4. The molecule has 0 amide bonds. The van der Waals surface area contributed by atoms with Gasteiger partial charge in [0.15, 0.2) is 0 Å². The lowest BCUT2D eigenvalue weighted by Crippen LogP contribution is -2.04. The standard InChI is InChI=1S/C12H9BrClFOS/c13-7-4-8(17-6-7)5-11(16)12-9(14)2-1-3-10(12)15/h1-4,6,11,16H,5H2. The van der Waals surface area contributed by atoms with E-state index in [4.69, 9.17) is 11.6 Å². The number of hydrogen-bond acceptors (Lipinski definition) is 2. The molecule has 0 saturated carbocycles. The smallest absolute Gasteiger partial charge is 0.130 e. The highest BCUT2D eigenvalue weighted by Gasteiger charge is 2.17. The Labute approximate surface area is 116 Å². The van der Waals surface area contributed by atoms with Crippen LogP contribution in [0.15, 0.2) is 34.1 Å².